The van der Waals surface area contributed by atoms with Crippen LogP contribution in [0.25, 0.3) is 0 Å². The first-order valence-electron chi connectivity index (χ1n) is 12.9. The zero-order valence-electron chi connectivity index (χ0n) is 22.6. The van der Waals surface area contributed by atoms with E-state index in [0.29, 0.717) is 6.54 Å². The molecule has 7 nitrogen and oxygen atoms in total. The Morgan fingerprint density at radius 1 is 0.927 bits per heavy atom. The van der Waals surface area contributed by atoms with Crippen molar-refractivity contribution in [1.82, 2.24) is 10.2 Å². The van der Waals surface area contributed by atoms with Gasteiger partial charge in [-0.15, -0.1) is 0 Å². The minimum absolute atomic E-state index is 0.00586. The van der Waals surface area contributed by atoms with Gasteiger partial charge in [0.1, 0.15) is 12.6 Å². The van der Waals surface area contributed by atoms with E-state index in [9.17, 15) is 18.0 Å². The highest BCUT2D eigenvalue weighted by Gasteiger charge is 2.33. The highest BCUT2D eigenvalue weighted by Crippen LogP contribution is 2.35. The summed E-state index contributed by atoms with van der Waals surface area (Å²) in [5.41, 5.74) is 1.61. The molecule has 0 saturated heterocycles. The largest absolute Gasteiger partial charge is 0.354 e. The van der Waals surface area contributed by atoms with Gasteiger partial charge >= 0.3 is 0 Å². The van der Waals surface area contributed by atoms with Gasteiger partial charge in [0, 0.05) is 24.0 Å². The average molecular weight is 704 g/mol. The summed E-state index contributed by atoms with van der Waals surface area (Å²) in [5, 5.41) is 3.18. The summed E-state index contributed by atoms with van der Waals surface area (Å²) in [6.07, 6.45) is 2.86. The summed E-state index contributed by atoms with van der Waals surface area (Å²) in [6, 6.07) is 18.4. The maximum absolute atomic E-state index is 14.1. The van der Waals surface area contributed by atoms with Crippen LogP contribution in [0.3, 0.4) is 0 Å². The van der Waals surface area contributed by atoms with E-state index < -0.39 is 28.5 Å². The van der Waals surface area contributed by atoms with E-state index in [1.165, 1.54) is 17.0 Å². The molecule has 0 bridgehead atoms. The maximum Gasteiger partial charge on any atom is 0.244 e. The van der Waals surface area contributed by atoms with Crippen LogP contribution in [0, 0.1) is 0 Å². The molecule has 0 aliphatic carbocycles. The second-order valence-electron chi connectivity index (χ2n) is 9.49. The molecule has 0 spiro atoms. The molecule has 0 heterocycles. The van der Waals surface area contributed by atoms with Crippen molar-refractivity contribution in [3.05, 3.63) is 97.4 Å². The number of nitrogens with zero attached hydrogens (tertiary/aromatic N) is 2. The SMILES string of the molecule is CCCCNC(=O)[C@H](Cc1ccccc1)N(Cc1cccc(Br)c1)C(=O)CN(c1cc(Cl)c(Cl)cc1Cl)S(C)(=O)=O. The molecule has 0 aromatic heterocycles. The Kier molecular flexibility index (Phi) is 12.4. The molecule has 0 aliphatic rings. The van der Waals surface area contributed by atoms with Gasteiger partial charge in [-0.2, -0.15) is 0 Å². The first-order valence-corrected chi connectivity index (χ1v) is 16.7. The number of nitrogens with one attached hydrogen (secondary N) is 1. The summed E-state index contributed by atoms with van der Waals surface area (Å²) in [4.78, 5) is 29.1. The van der Waals surface area contributed by atoms with Crippen LogP contribution in [0.4, 0.5) is 5.69 Å². The van der Waals surface area contributed by atoms with Gasteiger partial charge in [-0.1, -0.05) is 107 Å². The maximum atomic E-state index is 14.1. The zero-order chi connectivity index (χ0) is 30.2. The number of anilines is 1. The molecule has 41 heavy (non-hydrogen) atoms. The number of hydrogen-bond donors (Lipinski definition) is 1. The smallest absolute Gasteiger partial charge is 0.244 e. The highest BCUT2D eigenvalue weighted by atomic mass is 79.9. The topological polar surface area (TPSA) is 86.8 Å². The van der Waals surface area contributed by atoms with Gasteiger partial charge in [-0.3, -0.25) is 13.9 Å². The summed E-state index contributed by atoms with van der Waals surface area (Å²) in [5.74, 6) is -0.923. The van der Waals surface area contributed by atoms with Gasteiger partial charge in [-0.05, 0) is 41.8 Å². The molecule has 0 unspecified atom stereocenters. The molecular weight excluding hydrogens is 673 g/mol. The van der Waals surface area contributed by atoms with Crippen molar-refractivity contribution in [2.75, 3.05) is 23.7 Å². The van der Waals surface area contributed by atoms with Gasteiger partial charge in [0.05, 0.1) is 27.0 Å². The number of sulfonamides is 1. The number of benzene rings is 3. The summed E-state index contributed by atoms with van der Waals surface area (Å²) in [6.45, 7) is 1.92. The Bertz CT molecular complexity index is 1480. The molecule has 0 aliphatic heterocycles. The molecule has 0 radical (unpaired) electrons. The fourth-order valence-electron chi connectivity index (χ4n) is 4.19. The highest BCUT2D eigenvalue weighted by molar-refractivity contribution is 9.10. The van der Waals surface area contributed by atoms with Crippen LogP contribution in [0.15, 0.2) is 71.2 Å². The second kappa shape index (κ2) is 15.3. The standard InChI is InChI=1S/C29H31BrCl3N3O4S/c1-3-4-13-34-29(38)27(15-20-9-6-5-7-10-20)35(18-21-11-8-12-22(30)14-21)28(37)19-36(41(2,39)40)26-17-24(32)23(31)16-25(26)33/h5-12,14,16-17,27H,3-4,13,15,18-19H2,1-2H3,(H,34,38)/t27-/m0/s1. The molecular formula is C29H31BrCl3N3O4S. The lowest BCUT2D eigenvalue weighted by Crippen LogP contribution is -2.53. The molecule has 3 aromatic carbocycles. The second-order valence-corrected chi connectivity index (χ2v) is 13.5. The third-order valence-electron chi connectivity index (χ3n) is 6.28. The van der Waals surface area contributed by atoms with Gasteiger partial charge < -0.3 is 10.2 Å². The van der Waals surface area contributed by atoms with E-state index in [1.807, 2.05) is 61.5 Å². The lowest BCUT2D eigenvalue weighted by atomic mass is 10.0. The molecule has 12 heteroatoms. The number of carbonyl (C=O) groups is 2. The minimum atomic E-state index is -4.01. The molecule has 3 aromatic rings. The first kappa shape index (κ1) is 33.2. The van der Waals surface area contributed by atoms with Crippen LogP contribution >= 0.6 is 50.7 Å². The Balaban J connectivity index is 2.07. The predicted molar refractivity (Wildman–Crippen MR) is 170 cm³/mol. The van der Waals surface area contributed by atoms with E-state index in [0.717, 1.165) is 39.0 Å². The molecule has 3 rings (SSSR count). The zero-order valence-corrected chi connectivity index (χ0v) is 27.3. The van der Waals surface area contributed by atoms with Crippen LogP contribution in [-0.2, 0) is 32.6 Å². The van der Waals surface area contributed by atoms with Gasteiger partial charge in [0.25, 0.3) is 0 Å². The van der Waals surface area contributed by atoms with E-state index in [4.69, 9.17) is 34.8 Å². The van der Waals surface area contributed by atoms with Crippen molar-refractivity contribution >= 4 is 78.3 Å². The molecule has 1 N–H and O–H groups in total. The van der Waals surface area contributed by atoms with E-state index in [1.54, 1.807) is 0 Å². The summed E-state index contributed by atoms with van der Waals surface area (Å²) < 4.78 is 27.6. The fraction of sp³-hybridized carbons (Fsp3) is 0.310. The van der Waals surface area contributed by atoms with Crippen molar-refractivity contribution in [3.63, 3.8) is 0 Å². The van der Waals surface area contributed by atoms with Gasteiger partial charge in [0.15, 0.2) is 0 Å². The van der Waals surface area contributed by atoms with Crippen molar-refractivity contribution in [3.8, 4) is 0 Å². The normalized spacial score (nSPS) is 12.0. The fourth-order valence-corrected chi connectivity index (χ4v) is 6.18. The summed E-state index contributed by atoms with van der Waals surface area (Å²) >= 11 is 22.1. The Morgan fingerprint density at radius 3 is 2.22 bits per heavy atom. The van der Waals surface area contributed by atoms with E-state index in [2.05, 4.69) is 21.2 Å². The third kappa shape index (κ3) is 9.61. The van der Waals surface area contributed by atoms with Crippen LogP contribution in [-0.4, -0.2) is 50.5 Å². The van der Waals surface area contributed by atoms with E-state index in [-0.39, 0.29) is 39.6 Å². The first-order chi connectivity index (χ1) is 19.4. The third-order valence-corrected chi connectivity index (χ3v) is 8.92. The number of rotatable bonds is 13. The number of halogens is 4. The number of hydrogen-bond acceptors (Lipinski definition) is 4. The quantitative estimate of drug-likeness (QED) is 0.158. The Hall–Kier alpha value is -2.30. The van der Waals surface area contributed by atoms with Crippen LogP contribution in [0.5, 0.6) is 0 Å². The minimum Gasteiger partial charge on any atom is -0.354 e. The average Bonchev–Trinajstić information content (AvgIpc) is 2.91. The number of unbranched alkanes of at least 4 members (excludes halogenated alkanes) is 1. The van der Waals surface area contributed by atoms with Crippen molar-refractivity contribution in [2.45, 2.75) is 38.8 Å². The lowest BCUT2D eigenvalue weighted by molar-refractivity contribution is -0.140. The molecule has 0 fully saturated rings. The van der Waals surface area contributed by atoms with E-state index >= 15 is 0 Å². The van der Waals surface area contributed by atoms with Crippen molar-refractivity contribution < 1.29 is 18.0 Å². The lowest BCUT2D eigenvalue weighted by Gasteiger charge is -2.33. The monoisotopic (exact) mass is 701 g/mol. The number of amides is 2. The molecule has 0 saturated carbocycles. The van der Waals surface area contributed by atoms with Crippen LogP contribution in [0.2, 0.25) is 15.1 Å². The molecule has 220 valence electrons. The molecule has 1 atom stereocenters. The summed E-state index contributed by atoms with van der Waals surface area (Å²) in [7, 11) is -4.01. The van der Waals surface area contributed by atoms with Crippen molar-refractivity contribution in [1.29, 1.82) is 0 Å². The molecule has 2 amide bonds. The predicted octanol–water partition coefficient (Wildman–Crippen LogP) is 6.73. The van der Waals surface area contributed by atoms with Gasteiger partial charge in [-0.25, -0.2) is 8.42 Å². The van der Waals surface area contributed by atoms with Gasteiger partial charge in [0.2, 0.25) is 21.8 Å². The van der Waals surface area contributed by atoms with Crippen LogP contribution < -0.4 is 9.62 Å². The number of carbonyl (C=O) groups excluding carboxylic acids is 2. The van der Waals surface area contributed by atoms with Crippen molar-refractivity contribution in [2.24, 2.45) is 0 Å². The van der Waals surface area contributed by atoms with Crippen LogP contribution in [0.1, 0.15) is 30.9 Å². The Labute approximate surface area is 264 Å². The Morgan fingerprint density at radius 2 is 1.59 bits per heavy atom.